The van der Waals surface area contributed by atoms with E-state index in [9.17, 15) is 9.90 Å². The van der Waals surface area contributed by atoms with Crippen LogP contribution >= 0.6 is 11.8 Å². The Morgan fingerprint density at radius 3 is 3.00 bits per heavy atom. The first kappa shape index (κ1) is 14.5. The van der Waals surface area contributed by atoms with Crippen molar-refractivity contribution in [2.24, 2.45) is 0 Å². The van der Waals surface area contributed by atoms with Crippen molar-refractivity contribution < 1.29 is 14.3 Å². The Labute approximate surface area is 127 Å². The molecule has 0 amide bonds. The molecule has 2 atom stereocenters. The fourth-order valence-corrected chi connectivity index (χ4v) is 4.08. The second-order valence-corrected chi connectivity index (χ2v) is 6.47. The van der Waals surface area contributed by atoms with Crippen LogP contribution in [0, 0.1) is 0 Å². The van der Waals surface area contributed by atoms with Gasteiger partial charge in [0.1, 0.15) is 16.9 Å². The minimum atomic E-state index is -0.926. The van der Waals surface area contributed by atoms with Crippen molar-refractivity contribution >= 4 is 28.7 Å². The maximum Gasteiger partial charge on any atom is 0.339 e. The highest BCUT2D eigenvalue weighted by Gasteiger charge is 2.27. The van der Waals surface area contributed by atoms with Gasteiger partial charge in [0.25, 0.3) is 0 Å². The van der Waals surface area contributed by atoms with Gasteiger partial charge in [-0.15, -0.1) is 0 Å². The molecule has 1 aromatic heterocycles. The van der Waals surface area contributed by atoms with Gasteiger partial charge < -0.3 is 14.8 Å². The lowest BCUT2D eigenvalue weighted by atomic mass is 10.1. The Morgan fingerprint density at radius 2 is 2.24 bits per heavy atom. The molecule has 112 valence electrons. The van der Waals surface area contributed by atoms with Crippen molar-refractivity contribution in [2.75, 3.05) is 6.26 Å². The van der Waals surface area contributed by atoms with E-state index in [0.717, 1.165) is 6.42 Å². The average Bonchev–Trinajstić information content (AvgIpc) is 3.08. The molecule has 2 N–H and O–H groups in total. The zero-order valence-corrected chi connectivity index (χ0v) is 12.8. The monoisotopic (exact) mass is 305 g/mol. The second-order valence-electron chi connectivity index (χ2n) is 5.39. The lowest BCUT2D eigenvalue weighted by Crippen LogP contribution is -2.33. The number of hydrogen-bond donors (Lipinski definition) is 2. The normalized spacial score (nSPS) is 22.0. The maximum absolute atomic E-state index is 11.5. The van der Waals surface area contributed by atoms with Crippen LogP contribution in [0.3, 0.4) is 0 Å². The molecule has 0 aliphatic heterocycles. The zero-order valence-electron chi connectivity index (χ0n) is 12.0. The number of nitrogens with one attached hydrogen (secondary N) is 1. The van der Waals surface area contributed by atoms with Crippen LogP contribution in [0.1, 0.15) is 35.4 Å². The van der Waals surface area contributed by atoms with Crippen LogP contribution in [0.4, 0.5) is 0 Å². The number of carboxylic acids is 1. The first-order chi connectivity index (χ1) is 10.2. The Balaban J connectivity index is 1.83. The number of carboxylic acid groups (broad SMARTS) is 1. The summed E-state index contributed by atoms with van der Waals surface area (Å²) >= 11 is 1.88. The third-order valence-electron chi connectivity index (χ3n) is 4.16. The molecule has 1 fully saturated rings. The molecule has 2 unspecified atom stereocenters. The van der Waals surface area contributed by atoms with Crippen LogP contribution in [-0.4, -0.2) is 28.6 Å². The Morgan fingerprint density at radius 1 is 1.43 bits per heavy atom. The third-order valence-corrected chi connectivity index (χ3v) is 5.33. The Kier molecular flexibility index (Phi) is 4.22. The van der Waals surface area contributed by atoms with Crippen molar-refractivity contribution in [3.63, 3.8) is 0 Å². The van der Waals surface area contributed by atoms with Gasteiger partial charge in [0.15, 0.2) is 0 Å². The number of rotatable bonds is 5. The van der Waals surface area contributed by atoms with Gasteiger partial charge in [-0.1, -0.05) is 24.6 Å². The van der Waals surface area contributed by atoms with Crippen LogP contribution in [0.25, 0.3) is 11.0 Å². The van der Waals surface area contributed by atoms with Crippen LogP contribution in [-0.2, 0) is 6.54 Å². The summed E-state index contributed by atoms with van der Waals surface area (Å²) in [4.78, 5) is 11.5. The fraction of sp³-hybridized carbons (Fsp3) is 0.438. The van der Waals surface area contributed by atoms with Gasteiger partial charge in [-0.05, 0) is 25.2 Å². The van der Waals surface area contributed by atoms with E-state index < -0.39 is 5.97 Å². The summed E-state index contributed by atoms with van der Waals surface area (Å²) in [5, 5.41) is 14.2. The summed E-state index contributed by atoms with van der Waals surface area (Å²) < 4.78 is 5.74. The van der Waals surface area contributed by atoms with Crippen molar-refractivity contribution in [3.05, 3.63) is 35.6 Å². The number of aromatic carboxylic acids is 1. The first-order valence-corrected chi connectivity index (χ1v) is 8.49. The molecule has 1 aliphatic carbocycles. The highest BCUT2D eigenvalue weighted by Crippen LogP contribution is 2.30. The quantitative estimate of drug-likeness (QED) is 0.885. The van der Waals surface area contributed by atoms with Gasteiger partial charge in [0.05, 0.1) is 6.54 Å². The first-order valence-electron chi connectivity index (χ1n) is 7.20. The molecule has 5 heteroatoms. The van der Waals surface area contributed by atoms with E-state index >= 15 is 0 Å². The predicted octanol–water partition coefficient (Wildman–Crippen LogP) is 3.50. The van der Waals surface area contributed by atoms with Crippen molar-refractivity contribution in [3.8, 4) is 0 Å². The number of benzene rings is 1. The minimum absolute atomic E-state index is 0.289. The molecule has 0 bridgehead atoms. The number of carbonyl (C=O) groups is 1. The highest BCUT2D eigenvalue weighted by atomic mass is 32.2. The van der Waals surface area contributed by atoms with Crippen molar-refractivity contribution in [2.45, 2.75) is 37.1 Å². The highest BCUT2D eigenvalue weighted by molar-refractivity contribution is 7.99. The smallest absolute Gasteiger partial charge is 0.339 e. The second kappa shape index (κ2) is 6.12. The zero-order chi connectivity index (χ0) is 14.8. The summed E-state index contributed by atoms with van der Waals surface area (Å²) in [7, 11) is 0. The lowest BCUT2D eigenvalue weighted by Gasteiger charge is -2.18. The number of para-hydroxylation sites is 1. The molecule has 4 nitrogen and oxygen atoms in total. The summed E-state index contributed by atoms with van der Waals surface area (Å²) in [6.45, 7) is 0.470. The maximum atomic E-state index is 11.5. The van der Waals surface area contributed by atoms with Crippen LogP contribution in [0.15, 0.2) is 28.7 Å². The summed E-state index contributed by atoms with van der Waals surface area (Å²) in [6.07, 6.45) is 5.74. The Bertz CT molecular complexity index is 652. The van der Waals surface area contributed by atoms with Gasteiger partial charge in [-0.25, -0.2) is 4.79 Å². The Hall–Kier alpha value is -1.46. The lowest BCUT2D eigenvalue weighted by molar-refractivity contribution is 0.0696. The SMILES string of the molecule is CSC1CCCC1NCc1oc2ccccc2c1C(=O)O. The molecule has 21 heavy (non-hydrogen) atoms. The van der Waals surface area contributed by atoms with Crippen molar-refractivity contribution in [1.29, 1.82) is 0 Å². The summed E-state index contributed by atoms with van der Waals surface area (Å²) in [5.41, 5.74) is 0.927. The standard InChI is InChI=1S/C16H19NO3S/c1-21-14-8-4-6-11(14)17-9-13-15(16(18)19)10-5-2-3-7-12(10)20-13/h2-3,5,7,11,14,17H,4,6,8-9H2,1H3,(H,18,19). The molecule has 0 radical (unpaired) electrons. The van der Waals surface area contributed by atoms with Gasteiger partial charge in [0.2, 0.25) is 0 Å². The molecule has 1 heterocycles. The minimum Gasteiger partial charge on any atom is -0.478 e. The van der Waals surface area contributed by atoms with Crippen LogP contribution in [0.5, 0.6) is 0 Å². The van der Waals surface area contributed by atoms with E-state index in [2.05, 4.69) is 11.6 Å². The number of furan rings is 1. The topological polar surface area (TPSA) is 62.5 Å². The molecule has 1 aliphatic rings. The van der Waals surface area contributed by atoms with E-state index in [1.54, 1.807) is 6.07 Å². The number of thioether (sulfide) groups is 1. The van der Waals surface area contributed by atoms with E-state index in [1.165, 1.54) is 12.8 Å². The van der Waals surface area contributed by atoms with Gasteiger partial charge >= 0.3 is 5.97 Å². The van der Waals surface area contributed by atoms with Gasteiger partial charge in [0, 0.05) is 16.7 Å². The number of fused-ring (bicyclic) bond motifs is 1. The molecule has 3 rings (SSSR count). The molecule has 1 saturated carbocycles. The predicted molar refractivity (Wildman–Crippen MR) is 85.0 cm³/mol. The van der Waals surface area contributed by atoms with E-state index in [0.29, 0.717) is 34.6 Å². The van der Waals surface area contributed by atoms with E-state index in [4.69, 9.17) is 4.42 Å². The largest absolute Gasteiger partial charge is 0.478 e. The van der Waals surface area contributed by atoms with Crippen LogP contribution < -0.4 is 5.32 Å². The summed E-state index contributed by atoms with van der Waals surface area (Å²) in [6, 6.07) is 7.74. The van der Waals surface area contributed by atoms with E-state index in [1.807, 2.05) is 30.0 Å². The molecular formula is C16H19NO3S. The molecule has 0 saturated heterocycles. The molecular weight excluding hydrogens is 286 g/mol. The number of hydrogen-bond acceptors (Lipinski definition) is 4. The summed E-state index contributed by atoms with van der Waals surface area (Å²) in [5.74, 6) is -0.403. The molecule has 2 aromatic rings. The van der Waals surface area contributed by atoms with Crippen molar-refractivity contribution in [1.82, 2.24) is 5.32 Å². The third kappa shape index (κ3) is 2.80. The average molecular weight is 305 g/mol. The molecule has 1 aromatic carbocycles. The molecule has 0 spiro atoms. The van der Waals surface area contributed by atoms with Gasteiger partial charge in [-0.3, -0.25) is 0 Å². The fourth-order valence-electron chi connectivity index (χ4n) is 3.12. The van der Waals surface area contributed by atoms with E-state index in [-0.39, 0.29) is 5.56 Å². The van der Waals surface area contributed by atoms with Gasteiger partial charge in [-0.2, -0.15) is 11.8 Å². The van der Waals surface area contributed by atoms with Crippen LogP contribution in [0.2, 0.25) is 0 Å².